The van der Waals surface area contributed by atoms with E-state index in [9.17, 15) is 9.90 Å². The number of rotatable bonds is 1. The second-order valence-electron chi connectivity index (χ2n) is 4.70. The molecular weight excluding hydrogens is 274 g/mol. The fraction of sp³-hybridized carbons (Fsp3) is 0.200. The highest BCUT2D eigenvalue weighted by molar-refractivity contribution is 7.09. The SMILES string of the molecule is Cc1nc(-c2c(C)oc3c(C)c(O)ccc3c2=O)cs1. The van der Waals surface area contributed by atoms with Crippen molar-refractivity contribution in [2.45, 2.75) is 20.8 Å². The second kappa shape index (κ2) is 4.45. The molecule has 5 heteroatoms. The maximum absolute atomic E-state index is 12.6. The Morgan fingerprint density at radius 3 is 2.65 bits per heavy atom. The van der Waals surface area contributed by atoms with Gasteiger partial charge in [0, 0.05) is 10.9 Å². The lowest BCUT2D eigenvalue weighted by Gasteiger charge is -2.07. The Balaban J connectivity index is 2.42. The van der Waals surface area contributed by atoms with Gasteiger partial charge in [-0.05, 0) is 32.9 Å². The van der Waals surface area contributed by atoms with E-state index in [0.717, 1.165) is 5.01 Å². The first-order valence-corrected chi connectivity index (χ1v) is 7.05. The summed E-state index contributed by atoms with van der Waals surface area (Å²) in [6.45, 7) is 5.37. The largest absolute Gasteiger partial charge is 0.508 e. The van der Waals surface area contributed by atoms with Gasteiger partial charge in [0.25, 0.3) is 0 Å². The van der Waals surface area contributed by atoms with Gasteiger partial charge in [-0.2, -0.15) is 0 Å². The first-order chi connectivity index (χ1) is 9.49. The van der Waals surface area contributed by atoms with Crippen LogP contribution in [0.15, 0.2) is 26.7 Å². The number of nitrogens with zero attached hydrogens (tertiary/aromatic N) is 1. The predicted octanol–water partition coefficient (Wildman–Crippen LogP) is 3.55. The van der Waals surface area contributed by atoms with Crippen LogP contribution in [0.1, 0.15) is 16.3 Å². The molecule has 0 fully saturated rings. The standard InChI is InChI=1S/C15H13NO3S/c1-7-12(17)5-4-10-14(18)13(8(2)19-15(7)10)11-6-20-9(3)16-11/h4-6,17H,1-3H3. The van der Waals surface area contributed by atoms with Crippen LogP contribution in [-0.2, 0) is 0 Å². The van der Waals surface area contributed by atoms with Gasteiger partial charge in [-0.15, -0.1) is 11.3 Å². The topological polar surface area (TPSA) is 63.3 Å². The van der Waals surface area contributed by atoms with Crippen molar-refractivity contribution < 1.29 is 9.52 Å². The van der Waals surface area contributed by atoms with Gasteiger partial charge in [0.2, 0.25) is 5.43 Å². The maximum Gasteiger partial charge on any atom is 0.202 e. The van der Waals surface area contributed by atoms with Crippen LogP contribution >= 0.6 is 11.3 Å². The Hall–Kier alpha value is -2.14. The molecule has 102 valence electrons. The third kappa shape index (κ3) is 1.82. The van der Waals surface area contributed by atoms with Crippen LogP contribution in [0, 0.1) is 20.8 Å². The molecule has 4 nitrogen and oxygen atoms in total. The third-order valence-corrected chi connectivity index (χ3v) is 4.10. The minimum absolute atomic E-state index is 0.114. The van der Waals surface area contributed by atoms with E-state index in [0.29, 0.717) is 33.6 Å². The zero-order chi connectivity index (χ0) is 14.4. The highest BCUT2D eigenvalue weighted by Crippen LogP contribution is 2.29. The van der Waals surface area contributed by atoms with Crippen LogP contribution in [0.4, 0.5) is 0 Å². The zero-order valence-electron chi connectivity index (χ0n) is 11.4. The highest BCUT2D eigenvalue weighted by Gasteiger charge is 2.17. The molecule has 0 spiro atoms. The van der Waals surface area contributed by atoms with E-state index in [1.54, 1.807) is 19.9 Å². The summed E-state index contributed by atoms with van der Waals surface area (Å²) in [4.78, 5) is 17.0. The van der Waals surface area contributed by atoms with Crippen molar-refractivity contribution in [3.63, 3.8) is 0 Å². The molecule has 3 rings (SSSR count). The van der Waals surface area contributed by atoms with Crippen molar-refractivity contribution >= 4 is 22.3 Å². The van der Waals surface area contributed by atoms with Crippen molar-refractivity contribution in [2.75, 3.05) is 0 Å². The molecule has 1 N–H and O–H groups in total. The minimum atomic E-state index is -0.114. The average Bonchev–Trinajstić information content (AvgIpc) is 2.81. The van der Waals surface area contributed by atoms with Crippen molar-refractivity contribution in [3.8, 4) is 17.0 Å². The predicted molar refractivity (Wildman–Crippen MR) is 79.5 cm³/mol. The van der Waals surface area contributed by atoms with E-state index in [1.165, 1.54) is 17.4 Å². The lowest BCUT2D eigenvalue weighted by Crippen LogP contribution is -2.08. The number of phenolic OH excluding ortho intramolecular Hbond substituents is 1. The molecule has 0 atom stereocenters. The Labute approximate surface area is 119 Å². The summed E-state index contributed by atoms with van der Waals surface area (Å²) in [6, 6.07) is 3.10. The molecule has 20 heavy (non-hydrogen) atoms. The second-order valence-corrected chi connectivity index (χ2v) is 5.76. The van der Waals surface area contributed by atoms with E-state index in [2.05, 4.69) is 4.98 Å². The van der Waals surface area contributed by atoms with Gasteiger partial charge in [-0.3, -0.25) is 4.79 Å². The van der Waals surface area contributed by atoms with E-state index >= 15 is 0 Å². The Kier molecular flexibility index (Phi) is 2.87. The molecule has 0 aliphatic carbocycles. The van der Waals surface area contributed by atoms with Crippen LogP contribution in [-0.4, -0.2) is 10.1 Å². The Morgan fingerprint density at radius 1 is 1.25 bits per heavy atom. The van der Waals surface area contributed by atoms with Gasteiger partial charge in [0.15, 0.2) is 0 Å². The summed E-state index contributed by atoms with van der Waals surface area (Å²) in [5.74, 6) is 0.638. The molecule has 0 amide bonds. The normalized spacial score (nSPS) is 11.2. The van der Waals surface area contributed by atoms with Crippen LogP contribution in [0.3, 0.4) is 0 Å². The molecule has 3 aromatic rings. The van der Waals surface area contributed by atoms with E-state index in [1.807, 2.05) is 12.3 Å². The quantitative estimate of drug-likeness (QED) is 0.743. The van der Waals surface area contributed by atoms with Crippen LogP contribution in [0.2, 0.25) is 0 Å². The molecule has 0 saturated carbocycles. The fourth-order valence-electron chi connectivity index (χ4n) is 2.27. The molecule has 0 bridgehead atoms. The molecule has 2 heterocycles. The van der Waals surface area contributed by atoms with Gasteiger partial charge in [-0.1, -0.05) is 0 Å². The van der Waals surface area contributed by atoms with Crippen molar-refractivity contribution in [2.24, 2.45) is 0 Å². The van der Waals surface area contributed by atoms with Gasteiger partial charge in [0.05, 0.1) is 21.7 Å². The number of phenols is 1. The first kappa shape index (κ1) is 12.9. The lowest BCUT2D eigenvalue weighted by atomic mass is 10.1. The Morgan fingerprint density at radius 2 is 2.00 bits per heavy atom. The first-order valence-electron chi connectivity index (χ1n) is 6.17. The molecule has 0 saturated heterocycles. The number of aryl methyl sites for hydroxylation is 3. The average molecular weight is 287 g/mol. The molecule has 0 unspecified atom stereocenters. The molecule has 0 radical (unpaired) electrons. The monoisotopic (exact) mass is 287 g/mol. The van der Waals surface area contributed by atoms with Gasteiger partial charge >= 0.3 is 0 Å². The Bertz CT molecular complexity index is 877. The maximum atomic E-state index is 12.6. The van der Waals surface area contributed by atoms with Crippen LogP contribution in [0.5, 0.6) is 5.75 Å². The molecular formula is C15H13NO3S. The number of aromatic nitrogens is 1. The summed E-state index contributed by atoms with van der Waals surface area (Å²) in [5.41, 5.74) is 2.03. The van der Waals surface area contributed by atoms with Crippen LogP contribution in [0.25, 0.3) is 22.2 Å². The summed E-state index contributed by atoms with van der Waals surface area (Å²) in [6.07, 6.45) is 0. The number of hydrogen-bond donors (Lipinski definition) is 1. The van der Waals surface area contributed by atoms with Crippen molar-refractivity contribution in [3.05, 3.63) is 44.1 Å². The number of fused-ring (bicyclic) bond motifs is 1. The summed E-state index contributed by atoms with van der Waals surface area (Å²) < 4.78 is 5.75. The van der Waals surface area contributed by atoms with Gasteiger partial charge in [0.1, 0.15) is 17.1 Å². The fourth-order valence-corrected chi connectivity index (χ4v) is 2.87. The highest BCUT2D eigenvalue weighted by atomic mass is 32.1. The van der Waals surface area contributed by atoms with E-state index in [-0.39, 0.29) is 11.2 Å². The summed E-state index contributed by atoms with van der Waals surface area (Å²) >= 11 is 1.50. The van der Waals surface area contributed by atoms with E-state index in [4.69, 9.17) is 4.42 Å². The molecule has 2 aromatic heterocycles. The van der Waals surface area contributed by atoms with Gasteiger partial charge < -0.3 is 9.52 Å². The van der Waals surface area contributed by atoms with E-state index < -0.39 is 0 Å². The minimum Gasteiger partial charge on any atom is -0.508 e. The molecule has 1 aromatic carbocycles. The zero-order valence-corrected chi connectivity index (χ0v) is 12.2. The van der Waals surface area contributed by atoms with Crippen LogP contribution < -0.4 is 5.43 Å². The van der Waals surface area contributed by atoms with Crippen molar-refractivity contribution in [1.29, 1.82) is 0 Å². The number of hydrogen-bond acceptors (Lipinski definition) is 5. The third-order valence-electron chi connectivity index (χ3n) is 3.33. The van der Waals surface area contributed by atoms with Crippen molar-refractivity contribution in [1.82, 2.24) is 4.98 Å². The number of benzene rings is 1. The molecule has 0 aliphatic rings. The number of thiazole rings is 1. The summed E-state index contributed by atoms with van der Waals surface area (Å²) in [7, 11) is 0. The summed E-state index contributed by atoms with van der Waals surface area (Å²) in [5, 5.41) is 12.9. The smallest absolute Gasteiger partial charge is 0.202 e. The number of aromatic hydroxyl groups is 1. The van der Waals surface area contributed by atoms with Gasteiger partial charge in [-0.25, -0.2) is 4.98 Å². The lowest BCUT2D eigenvalue weighted by molar-refractivity contribution is 0.468. The molecule has 0 aliphatic heterocycles.